The van der Waals surface area contributed by atoms with Crippen molar-refractivity contribution in [1.29, 1.82) is 0 Å². The summed E-state index contributed by atoms with van der Waals surface area (Å²) < 4.78 is 2.01. The summed E-state index contributed by atoms with van der Waals surface area (Å²) >= 11 is 21.1. The molecular weight excluding hydrogens is 407 g/mol. The molecule has 0 N–H and O–H groups in total. The molecule has 0 fully saturated rings. The van der Waals surface area contributed by atoms with Crippen molar-refractivity contribution < 1.29 is 0 Å². The van der Waals surface area contributed by atoms with Gasteiger partial charge in [0.1, 0.15) is 0 Å². The summed E-state index contributed by atoms with van der Waals surface area (Å²) in [6, 6.07) is 7.90. The number of rotatable bonds is 2. The molecule has 17 heavy (non-hydrogen) atoms. The van der Waals surface area contributed by atoms with E-state index in [0.29, 0.717) is 5.02 Å². The van der Waals surface area contributed by atoms with E-state index in [2.05, 4.69) is 44.8 Å². The Morgan fingerprint density at radius 1 is 1.24 bits per heavy atom. The van der Waals surface area contributed by atoms with E-state index in [1.54, 1.807) is 11.3 Å². The summed E-state index contributed by atoms with van der Waals surface area (Å²) in [7, 11) is 0. The van der Waals surface area contributed by atoms with Crippen LogP contribution in [0.15, 0.2) is 32.5 Å². The average molecular weight is 415 g/mol. The molecule has 5 heteroatoms. The lowest BCUT2D eigenvalue weighted by atomic mass is 10.1. The summed E-state index contributed by atoms with van der Waals surface area (Å²) in [5.74, 6) is 0. The Kier molecular flexibility index (Phi) is 4.59. The van der Waals surface area contributed by atoms with Crippen LogP contribution in [-0.4, -0.2) is 0 Å². The summed E-state index contributed by atoms with van der Waals surface area (Å²) in [6.45, 7) is 2.06. The summed E-state index contributed by atoms with van der Waals surface area (Å²) in [5.41, 5.74) is 2.22. The molecular formula is C12H8Br2Cl2S. The van der Waals surface area contributed by atoms with Crippen molar-refractivity contribution in [2.75, 3.05) is 0 Å². The first-order valence-electron chi connectivity index (χ1n) is 4.84. The minimum atomic E-state index is -0.157. The van der Waals surface area contributed by atoms with E-state index >= 15 is 0 Å². The van der Waals surface area contributed by atoms with Crippen molar-refractivity contribution in [2.45, 2.75) is 12.3 Å². The van der Waals surface area contributed by atoms with Crippen LogP contribution in [0, 0.1) is 6.92 Å². The van der Waals surface area contributed by atoms with Crippen LogP contribution < -0.4 is 0 Å². The lowest BCUT2D eigenvalue weighted by Gasteiger charge is -2.08. The Morgan fingerprint density at radius 3 is 2.47 bits per heavy atom. The zero-order valence-corrected chi connectivity index (χ0v) is 14.3. The van der Waals surface area contributed by atoms with Gasteiger partial charge in [0.15, 0.2) is 0 Å². The highest BCUT2D eigenvalue weighted by atomic mass is 79.9. The predicted molar refractivity (Wildman–Crippen MR) is 83.6 cm³/mol. The van der Waals surface area contributed by atoms with Crippen LogP contribution in [0.1, 0.15) is 21.4 Å². The molecule has 90 valence electrons. The number of halogens is 4. The van der Waals surface area contributed by atoms with E-state index in [0.717, 1.165) is 18.7 Å². The Balaban J connectivity index is 2.36. The monoisotopic (exact) mass is 412 g/mol. The van der Waals surface area contributed by atoms with E-state index in [9.17, 15) is 0 Å². The van der Waals surface area contributed by atoms with Gasteiger partial charge in [0.2, 0.25) is 0 Å². The number of alkyl halides is 1. The average Bonchev–Trinajstić information content (AvgIpc) is 2.62. The lowest BCUT2D eigenvalue weighted by Crippen LogP contribution is -1.90. The van der Waals surface area contributed by atoms with Gasteiger partial charge < -0.3 is 0 Å². The molecule has 0 saturated heterocycles. The maximum atomic E-state index is 6.46. The van der Waals surface area contributed by atoms with Gasteiger partial charge in [-0.2, -0.15) is 0 Å². The fraction of sp³-hybridized carbons (Fsp3) is 0.167. The fourth-order valence-electron chi connectivity index (χ4n) is 1.44. The first-order chi connectivity index (χ1) is 7.99. The van der Waals surface area contributed by atoms with Crippen molar-refractivity contribution in [2.24, 2.45) is 0 Å². The molecule has 0 amide bonds. The summed E-state index contributed by atoms with van der Waals surface area (Å²) in [6.07, 6.45) is 0. The van der Waals surface area contributed by atoms with Gasteiger partial charge in [-0.3, -0.25) is 0 Å². The summed E-state index contributed by atoms with van der Waals surface area (Å²) in [4.78, 5) is 1.12. The zero-order valence-electron chi connectivity index (χ0n) is 8.81. The van der Waals surface area contributed by atoms with E-state index in [1.807, 2.05) is 18.2 Å². The number of benzene rings is 1. The molecule has 2 aromatic rings. The van der Waals surface area contributed by atoms with Gasteiger partial charge in [-0.1, -0.05) is 17.7 Å². The second kappa shape index (κ2) is 5.62. The Labute approximate surface area is 131 Å². The highest BCUT2D eigenvalue weighted by Crippen LogP contribution is 2.39. The number of aryl methyl sites for hydroxylation is 1. The third-order valence-electron chi connectivity index (χ3n) is 2.36. The minimum absolute atomic E-state index is 0.157. The molecule has 0 spiro atoms. The molecule has 1 unspecified atom stereocenters. The molecule has 1 atom stereocenters. The smallest absolute Gasteiger partial charge is 0.0928 e. The van der Waals surface area contributed by atoms with Crippen LogP contribution in [0.2, 0.25) is 5.02 Å². The second-order valence-corrected chi connectivity index (χ2v) is 7.74. The van der Waals surface area contributed by atoms with E-state index in [-0.39, 0.29) is 5.38 Å². The molecule has 0 saturated carbocycles. The van der Waals surface area contributed by atoms with Crippen molar-refractivity contribution >= 4 is 66.4 Å². The van der Waals surface area contributed by atoms with E-state index in [4.69, 9.17) is 23.2 Å². The minimum Gasteiger partial charge on any atom is -0.131 e. The van der Waals surface area contributed by atoms with Gasteiger partial charge in [-0.15, -0.1) is 22.9 Å². The first kappa shape index (κ1) is 13.9. The third kappa shape index (κ3) is 3.07. The molecule has 1 aromatic heterocycles. The maximum absolute atomic E-state index is 6.46. The van der Waals surface area contributed by atoms with Gasteiger partial charge in [0.25, 0.3) is 0 Å². The van der Waals surface area contributed by atoms with Gasteiger partial charge >= 0.3 is 0 Å². The first-order valence-corrected chi connectivity index (χ1v) is 8.05. The largest absolute Gasteiger partial charge is 0.131 e. The van der Waals surface area contributed by atoms with Gasteiger partial charge in [0, 0.05) is 9.35 Å². The summed E-state index contributed by atoms with van der Waals surface area (Å²) in [5, 5.41) is 0.524. The van der Waals surface area contributed by atoms with Crippen LogP contribution in [0.4, 0.5) is 0 Å². The molecule has 1 aromatic carbocycles. The SMILES string of the molecule is Cc1cc(C(Cl)c2ccc(Br)c(Cl)c2)sc1Br. The highest BCUT2D eigenvalue weighted by molar-refractivity contribution is 9.11. The molecule has 0 aliphatic heterocycles. The quantitative estimate of drug-likeness (QED) is 0.488. The molecule has 0 aliphatic carbocycles. The van der Waals surface area contributed by atoms with Crippen LogP contribution in [0.3, 0.4) is 0 Å². The Hall–Kier alpha value is 0.460. The molecule has 0 radical (unpaired) electrons. The topological polar surface area (TPSA) is 0 Å². The Bertz CT molecular complexity index is 532. The Morgan fingerprint density at radius 2 is 1.94 bits per heavy atom. The number of hydrogen-bond donors (Lipinski definition) is 0. The highest BCUT2D eigenvalue weighted by Gasteiger charge is 2.15. The standard InChI is InChI=1S/C12H8Br2Cl2S/c1-6-4-10(17-12(6)14)11(16)7-2-3-8(13)9(15)5-7/h2-5,11H,1H3. The third-order valence-corrected chi connectivity index (χ3v) is 6.41. The molecule has 0 aliphatic rings. The van der Waals surface area contributed by atoms with Crippen molar-refractivity contribution in [3.05, 3.63) is 53.6 Å². The molecule has 2 rings (SSSR count). The van der Waals surface area contributed by atoms with Crippen LogP contribution in [-0.2, 0) is 0 Å². The van der Waals surface area contributed by atoms with Gasteiger partial charge in [-0.25, -0.2) is 0 Å². The van der Waals surface area contributed by atoms with Crippen LogP contribution in [0.5, 0.6) is 0 Å². The zero-order chi connectivity index (χ0) is 12.6. The fourth-order valence-corrected chi connectivity index (χ4v) is 3.79. The normalized spacial score (nSPS) is 12.8. The molecule has 0 bridgehead atoms. The number of hydrogen-bond acceptors (Lipinski definition) is 1. The van der Waals surface area contributed by atoms with Crippen molar-refractivity contribution in [3.8, 4) is 0 Å². The maximum Gasteiger partial charge on any atom is 0.0928 e. The lowest BCUT2D eigenvalue weighted by molar-refractivity contribution is 1.18. The van der Waals surface area contributed by atoms with E-state index < -0.39 is 0 Å². The second-order valence-electron chi connectivity index (χ2n) is 3.64. The van der Waals surface area contributed by atoms with E-state index in [1.165, 1.54) is 5.56 Å². The van der Waals surface area contributed by atoms with Gasteiger partial charge in [0.05, 0.1) is 14.2 Å². The van der Waals surface area contributed by atoms with Gasteiger partial charge in [-0.05, 0) is 68.1 Å². The predicted octanol–water partition coefficient (Wildman–Crippen LogP) is 6.56. The number of thiophene rings is 1. The molecule has 0 nitrogen and oxygen atoms in total. The van der Waals surface area contributed by atoms with Crippen LogP contribution in [0.25, 0.3) is 0 Å². The van der Waals surface area contributed by atoms with Crippen LogP contribution >= 0.6 is 66.4 Å². The van der Waals surface area contributed by atoms with Crippen molar-refractivity contribution in [1.82, 2.24) is 0 Å². The molecule has 1 heterocycles. The van der Waals surface area contributed by atoms with Crippen molar-refractivity contribution in [3.63, 3.8) is 0 Å².